The summed E-state index contributed by atoms with van der Waals surface area (Å²) in [6.45, 7) is 5.89. The van der Waals surface area contributed by atoms with Gasteiger partial charge in [-0.05, 0) is 42.7 Å². The van der Waals surface area contributed by atoms with Crippen molar-refractivity contribution in [2.24, 2.45) is 11.0 Å². The summed E-state index contributed by atoms with van der Waals surface area (Å²) < 4.78 is 39.6. The molecule has 1 N–H and O–H groups in total. The molecule has 1 unspecified atom stereocenters. The van der Waals surface area contributed by atoms with E-state index in [9.17, 15) is 13.2 Å². The van der Waals surface area contributed by atoms with Gasteiger partial charge in [0.15, 0.2) is 11.5 Å². The molecule has 8 nitrogen and oxygen atoms in total. The second-order valence-corrected chi connectivity index (χ2v) is 9.79. The van der Waals surface area contributed by atoms with Gasteiger partial charge >= 0.3 is 0 Å². The fraction of sp³-hybridized carbons (Fsp3) is 0.417. The molecule has 0 saturated heterocycles. The minimum atomic E-state index is -3.88. The normalized spacial score (nSPS) is 16.2. The molecule has 0 saturated carbocycles. The summed E-state index contributed by atoms with van der Waals surface area (Å²) in [5.74, 6) is 0.688. The SMILES string of the molecule is CCC(CC)N(c1ccc(C2=NNC(=O)CC2C)cc1)S(=O)(=O)c1ccc(OC)c(OC)c1. The highest BCUT2D eigenvalue weighted by molar-refractivity contribution is 7.92. The van der Waals surface area contributed by atoms with Gasteiger partial charge in [-0.2, -0.15) is 5.10 Å². The van der Waals surface area contributed by atoms with Gasteiger partial charge in [0.2, 0.25) is 5.91 Å². The van der Waals surface area contributed by atoms with Crippen LogP contribution in [-0.4, -0.2) is 40.3 Å². The Morgan fingerprint density at radius 3 is 2.24 bits per heavy atom. The van der Waals surface area contributed by atoms with Crippen molar-refractivity contribution in [1.82, 2.24) is 5.43 Å². The maximum absolute atomic E-state index is 13.8. The second-order valence-electron chi connectivity index (χ2n) is 7.97. The number of carbonyl (C=O) groups excluding carboxylic acids is 1. The molecule has 9 heteroatoms. The predicted molar refractivity (Wildman–Crippen MR) is 128 cm³/mol. The van der Waals surface area contributed by atoms with Crippen molar-refractivity contribution in [2.45, 2.75) is 51.0 Å². The first-order chi connectivity index (χ1) is 15.8. The van der Waals surface area contributed by atoms with E-state index in [0.29, 0.717) is 36.4 Å². The maximum atomic E-state index is 13.8. The molecular weight excluding hydrogens is 442 g/mol. The van der Waals surface area contributed by atoms with Crippen molar-refractivity contribution in [3.8, 4) is 11.5 Å². The van der Waals surface area contributed by atoms with Gasteiger partial charge in [0.05, 0.1) is 30.5 Å². The van der Waals surface area contributed by atoms with Crippen LogP contribution in [0, 0.1) is 5.92 Å². The van der Waals surface area contributed by atoms with E-state index in [1.807, 2.05) is 32.9 Å². The fourth-order valence-corrected chi connectivity index (χ4v) is 5.85. The summed E-state index contributed by atoms with van der Waals surface area (Å²) in [4.78, 5) is 11.7. The number of methoxy groups -OCH3 is 2. The fourth-order valence-electron chi connectivity index (χ4n) is 4.04. The summed E-state index contributed by atoms with van der Waals surface area (Å²) in [6, 6.07) is 11.7. The van der Waals surface area contributed by atoms with Crippen LogP contribution in [0.15, 0.2) is 52.5 Å². The lowest BCUT2D eigenvalue weighted by atomic mass is 9.94. The maximum Gasteiger partial charge on any atom is 0.264 e. The number of sulfonamides is 1. The van der Waals surface area contributed by atoms with E-state index >= 15 is 0 Å². The van der Waals surface area contributed by atoms with E-state index in [-0.39, 0.29) is 22.8 Å². The molecule has 0 aromatic heterocycles. The number of nitrogens with zero attached hydrogens (tertiary/aromatic N) is 2. The molecule has 1 heterocycles. The summed E-state index contributed by atoms with van der Waals surface area (Å²) in [5.41, 5.74) is 4.71. The number of hydrogen-bond donors (Lipinski definition) is 1. The van der Waals surface area contributed by atoms with E-state index in [2.05, 4.69) is 10.5 Å². The topological polar surface area (TPSA) is 97.3 Å². The number of hydrazone groups is 1. The van der Waals surface area contributed by atoms with Gasteiger partial charge in [-0.1, -0.05) is 32.9 Å². The van der Waals surface area contributed by atoms with Gasteiger partial charge in [-0.3, -0.25) is 9.10 Å². The van der Waals surface area contributed by atoms with Crippen molar-refractivity contribution < 1.29 is 22.7 Å². The Morgan fingerprint density at radius 2 is 1.70 bits per heavy atom. The lowest BCUT2D eigenvalue weighted by Gasteiger charge is -2.32. The zero-order chi connectivity index (χ0) is 24.2. The molecule has 1 atom stereocenters. The summed E-state index contributed by atoms with van der Waals surface area (Å²) in [6.07, 6.45) is 1.68. The molecule has 0 fully saturated rings. The Hall–Kier alpha value is -3.07. The van der Waals surface area contributed by atoms with Gasteiger partial charge in [0.25, 0.3) is 10.0 Å². The van der Waals surface area contributed by atoms with Crippen LogP contribution in [0.25, 0.3) is 0 Å². The van der Waals surface area contributed by atoms with E-state index in [0.717, 1.165) is 11.3 Å². The van der Waals surface area contributed by atoms with Crippen LogP contribution >= 0.6 is 0 Å². The van der Waals surface area contributed by atoms with Crippen molar-refractivity contribution in [3.63, 3.8) is 0 Å². The monoisotopic (exact) mass is 473 g/mol. The molecule has 0 spiro atoms. The summed E-state index contributed by atoms with van der Waals surface area (Å²) >= 11 is 0. The van der Waals surface area contributed by atoms with Crippen LogP contribution in [0.4, 0.5) is 5.69 Å². The van der Waals surface area contributed by atoms with Crippen LogP contribution < -0.4 is 19.2 Å². The molecule has 0 aliphatic carbocycles. The molecule has 1 aliphatic rings. The number of amides is 1. The van der Waals surface area contributed by atoms with E-state index in [4.69, 9.17) is 9.47 Å². The second kappa shape index (κ2) is 10.2. The Kier molecular flexibility index (Phi) is 7.63. The number of ether oxygens (including phenoxy) is 2. The molecule has 2 aromatic rings. The minimum Gasteiger partial charge on any atom is -0.493 e. The molecule has 0 radical (unpaired) electrons. The first kappa shape index (κ1) is 24.6. The number of anilines is 1. The smallest absolute Gasteiger partial charge is 0.264 e. The molecule has 1 amide bonds. The number of carbonyl (C=O) groups is 1. The van der Waals surface area contributed by atoms with Crippen LogP contribution in [0.2, 0.25) is 0 Å². The Morgan fingerprint density at radius 1 is 1.06 bits per heavy atom. The highest BCUT2D eigenvalue weighted by Gasteiger charge is 2.31. The number of benzene rings is 2. The van der Waals surface area contributed by atoms with E-state index in [1.54, 1.807) is 18.2 Å². The largest absolute Gasteiger partial charge is 0.493 e. The Labute approximate surface area is 195 Å². The van der Waals surface area contributed by atoms with Crippen LogP contribution in [0.5, 0.6) is 11.5 Å². The standard InChI is InChI=1S/C24H31N3O5S/c1-6-18(7-2)27(33(29,30)20-12-13-21(31-4)22(15-20)32-5)19-10-8-17(9-11-19)24-16(3)14-23(28)25-26-24/h8-13,15-16,18H,6-7,14H2,1-5H3,(H,25,28). The zero-order valence-electron chi connectivity index (χ0n) is 19.7. The van der Waals surface area contributed by atoms with Crippen molar-refractivity contribution in [3.05, 3.63) is 48.0 Å². The van der Waals surface area contributed by atoms with Gasteiger partial charge < -0.3 is 9.47 Å². The predicted octanol–water partition coefficient (Wildman–Crippen LogP) is 3.95. The Balaban J connectivity index is 2.04. The average molecular weight is 474 g/mol. The Bertz CT molecular complexity index is 1130. The van der Waals surface area contributed by atoms with E-state index in [1.165, 1.54) is 30.7 Å². The van der Waals surface area contributed by atoms with Gasteiger partial charge in [0.1, 0.15) is 0 Å². The molecule has 178 valence electrons. The number of rotatable bonds is 9. The number of hydrogen-bond acceptors (Lipinski definition) is 6. The first-order valence-electron chi connectivity index (χ1n) is 11.0. The molecule has 33 heavy (non-hydrogen) atoms. The van der Waals surface area contributed by atoms with Crippen LogP contribution in [-0.2, 0) is 14.8 Å². The lowest BCUT2D eigenvalue weighted by molar-refractivity contribution is -0.121. The molecule has 3 rings (SSSR count). The van der Waals surface area contributed by atoms with Gasteiger partial charge in [-0.15, -0.1) is 0 Å². The summed E-state index contributed by atoms with van der Waals surface area (Å²) in [5, 5.41) is 4.19. The molecule has 2 aromatic carbocycles. The minimum absolute atomic E-state index is 0.0183. The number of nitrogens with one attached hydrogen (secondary N) is 1. The quantitative estimate of drug-likeness (QED) is 0.595. The molecular formula is C24H31N3O5S. The highest BCUT2D eigenvalue weighted by Crippen LogP contribution is 2.34. The first-order valence-corrected chi connectivity index (χ1v) is 12.4. The van der Waals surface area contributed by atoms with Gasteiger partial charge in [0, 0.05) is 24.4 Å². The third-order valence-corrected chi connectivity index (χ3v) is 7.74. The third-order valence-electron chi connectivity index (χ3n) is 5.86. The van der Waals surface area contributed by atoms with E-state index < -0.39 is 10.0 Å². The highest BCUT2D eigenvalue weighted by atomic mass is 32.2. The summed E-state index contributed by atoms with van der Waals surface area (Å²) in [7, 11) is -0.898. The molecule has 1 aliphatic heterocycles. The lowest BCUT2D eigenvalue weighted by Crippen LogP contribution is -2.40. The van der Waals surface area contributed by atoms with Crippen molar-refractivity contribution >= 4 is 27.3 Å². The molecule has 0 bridgehead atoms. The van der Waals surface area contributed by atoms with Gasteiger partial charge in [-0.25, -0.2) is 13.8 Å². The van der Waals surface area contributed by atoms with Crippen LogP contribution in [0.1, 0.15) is 45.6 Å². The average Bonchev–Trinajstić information content (AvgIpc) is 2.82. The van der Waals surface area contributed by atoms with Crippen LogP contribution in [0.3, 0.4) is 0 Å². The van der Waals surface area contributed by atoms with Crippen molar-refractivity contribution in [1.29, 1.82) is 0 Å². The zero-order valence-corrected chi connectivity index (χ0v) is 20.5. The third kappa shape index (κ3) is 4.98. The van der Waals surface area contributed by atoms with Crippen molar-refractivity contribution in [2.75, 3.05) is 18.5 Å².